The van der Waals surface area contributed by atoms with E-state index in [9.17, 15) is 9.59 Å². The number of hydrogen-bond donors (Lipinski definition) is 1. The molecule has 0 aliphatic carbocycles. The third-order valence-electron chi connectivity index (χ3n) is 2.06. The molecule has 0 saturated heterocycles. The summed E-state index contributed by atoms with van der Waals surface area (Å²) in [5.74, 6) is -0.126. The van der Waals surface area contributed by atoms with Crippen LogP contribution in [0.25, 0.3) is 0 Å². The lowest BCUT2D eigenvalue weighted by Gasteiger charge is -2.21. The van der Waals surface area contributed by atoms with Crippen molar-refractivity contribution in [3.8, 4) is 0 Å². The van der Waals surface area contributed by atoms with Crippen molar-refractivity contribution in [2.75, 3.05) is 0 Å². The topological polar surface area (TPSA) is 86.1 Å². The Morgan fingerprint density at radius 1 is 1.44 bits per heavy atom. The Morgan fingerprint density at radius 3 is 2.50 bits per heavy atom. The number of hydrogen-bond acceptors (Lipinski definition) is 5. The second-order valence-corrected chi connectivity index (χ2v) is 5.00. The van der Waals surface area contributed by atoms with Gasteiger partial charge in [0.2, 0.25) is 11.6 Å². The molecule has 100 valence electrons. The van der Waals surface area contributed by atoms with Crippen molar-refractivity contribution in [2.24, 2.45) is 7.05 Å². The molecule has 0 saturated carbocycles. The van der Waals surface area contributed by atoms with E-state index < -0.39 is 17.7 Å². The van der Waals surface area contributed by atoms with E-state index in [4.69, 9.17) is 4.74 Å². The van der Waals surface area contributed by atoms with Crippen LogP contribution in [0.2, 0.25) is 0 Å². The number of carbonyl (C=O) groups is 2. The Balaban J connectivity index is 2.61. The smallest absolute Gasteiger partial charge is 0.408 e. The Labute approximate surface area is 106 Å². The maximum absolute atomic E-state index is 11.9. The summed E-state index contributed by atoms with van der Waals surface area (Å²) < 4.78 is 6.56. The van der Waals surface area contributed by atoms with Crippen LogP contribution in [0, 0.1) is 0 Å². The molecule has 1 atom stereocenters. The Bertz CT molecular complexity index is 447. The van der Waals surface area contributed by atoms with Gasteiger partial charge in [0.05, 0.1) is 6.04 Å². The average molecular weight is 254 g/mol. The first-order valence-electron chi connectivity index (χ1n) is 5.58. The van der Waals surface area contributed by atoms with Gasteiger partial charge in [-0.15, -0.1) is 10.2 Å². The molecule has 1 amide bonds. The number of carbonyl (C=O) groups excluding carboxylic acids is 2. The number of ether oxygens (including phenoxy) is 1. The van der Waals surface area contributed by atoms with E-state index in [-0.39, 0.29) is 11.6 Å². The van der Waals surface area contributed by atoms with Crippen LogP contribution in [0.15, 0.2) is 6.33 Å². The summed E-state index contributed by atoms with van der Waals surface area (Å²) in [4.78, 5) is 23.4. The minimum atomic E-state index is -0.720. The SMILES string of the molecule is C[C@@H](NC(=O)OC(C)(C)C)C(=O)c1nncn1C. The molecule has 7 heteroatoms. The molecule has 0 fully saturated rings. The quantitative estimate of drug-likeness (QED) is 0.810. The lowest BCUT2D eigenvalue weighted by molar-refractivity contribution is 0.0495. The molecule has 1 N–H and O–H groups in total. The molecule has 0 bridgehead atoms. The van der Waals surface area contributed by atoms with Crippen molar-refractivity contribution in [2.45, 2.75) is 39.3 Å². The van der Waals surface area contributed by atoms with Crippen LogP contribution in [0.3, 0.4) is 0 Å². The predicted molar refractivity (Wildman–Crippen MR) is 64.2 cm³/mol. The van der Waals surface area contributed by atoms with E-state index in [1.165, 1.54) is 10.9 Å². The van der Waals surface area contributed by atoms with Crippen molar-refractivity contribution in [3.05, 3.63) is 12.2 Å². The van der Waals surface area contributed by atoms with Crippen molar-refractivity contribution in [1.82, 2.24) is 20.1 Å². The van der Waals surface area contributed by atoms with E-state index in [1.54, 1.807) is 34.7 Å². The van der Waals surface area contributed by atoms with Crippen LogP contribution in [-0.4, -0.2) is 38.3 Å². The second kappa shape index (κ2) is 5.16. The first kappa shape index (κ1) is 14.1. The zero-order chi connectivity index (χ0) is 13.9. The molecular weight excluding hydrogens is 236 g/mol. The summed E-state index contributed by atoms with van der Waals surface area (Å²) in [5, 5.41) is 9.76. The van der Waals surface area contributed by atoms with Crippen LogP contribution in [-0.2, 0) is 11.8 Å². The average Bonchev–Trinajstić information content (AvgIpc) is 2.60. The van der Waals surface area contributed by atoms with Gasteiger partial charge in [0.1, 0.15) is 11.9 Å². The van der Waals surface area contributed by atoms with Crippen LogP contribution in [0.5, 0.6) is 0 Å². The van der Waals surface area contributed by atoms with Gasteiger partial charge in [0.15, 0.2) is 0 Å². The molecule has 1 aromatic heterocycles. The normalized spacial score (nSPS) is 12.9. The van der Waals surface area contributed by atoms with Crippen LogP contribution in [0.1, 0.15) is 38.3 Å². The first-order chi connectivity index (χ1) is 8.20. The fraction of sp³-hybridized carbons (Fsp3) is 0.636. The van der Waals surface area contributed by atoms with E-state index in [0.717, 1.165) is 0 Å². The first-order valence-corrected chi connectivity index (χ1v) is 5.58. The molecule has 0 unspecified atom stereocenters. The maximum atomic E-state index is 11.9. The number of nitrogens with one attached hydrogen (secondary N) is 1. The third-order valence-corrected chi connectivity index (χ3v) is 2.06. The fourth-order valence-corrected chi connectivity index (χ4v) is 1.25. The lowest BCUT2D eigenvalue weighted by atomic mass is 10.2. The molecule has 0 aromatic carbocycles. The van der Waals surface area contributed by atoms with Crippen molar-refractivity contribution in [3.63, 3.8) is 0 Å². The van der Waals surface area contributed by atoms with E-state index in [2.05, 4.69) is 15.5 Å². The Hall–Kier alpha value is -1.92. The number of amides is 1. The second-order valence-electron chi connectivity index (χ2n) is 5.00. The molecule has 0 aliphatic heterocycles. The number of ketones is 1. The van der Waals surface area contributed by atoms with Gasteiger partial charge in [-0.1, -0.05) is 0 Å². The summed E-state index contributed by atoms with van der Waals surface area (Å²) in [5.41, 5.74) is -0.600. The fourth-order valence-electron chi connectivity index (χ4n) is 1.25. The molecule has 0 aliphatic rings. The predicted octanol–water partition coefficient (Wildman–Crippen LogP) is 0.911. The highest BCUT2D eigenvalue weighted by Gasteiger charge is 2.24. The van der Waals surface area contributed by atoms with E-state index >= 15 is 0 Å². The third kappa shape index (κ3) is 3.83. The highest BCUT2D eigenvalue weighted by Crippen LogP contribution is 2.07. The molecule has 18 heavy (non-hydrogen) atoms. The minimum Gasteiger partial charge on any atom is -0.444 e. The lowest BCUT2D eigenvalue weighted by Crippen LogP contribution is -2.42. The van der Waals surface area contributed by atoms with Gasteiger partial charge in [-0.3, -0.25) is 4.79 Å². The summed E-state index contributed by atoms with van der Waals surface area (Å²) in [6.07, 6.45) is 0.790. The highest BCUT2D eigenvalue weighted by molar-refractivity contribution is 5.98. The number of nitrogens with zero attached hydrogens (tertiary/aromatic N) is 3. The van der Waals surface area contributed by atoms with E-state index in [1.807, 2.05) is 0 Å². The van der Waals surface area contributed by atoms with Gasteiger partial charge in [-0.2, -0.15) is 0 Å². The number of aryl methyl sites for hydroxylation is 1. The molecule has 0 spiro atoms. The Kier molecular flexibility index (Phi) is 4.05. The molecule has 0 radical (unpaired) electrons. The molecule has 1 heterocycles. The van der Waals surface area contributed by atoms with Gasteiger partial charge < -0.3 is 14.6 Å². The van der Waals surface area contributed by atoms with Gasteiger partial charge in [-0.05, 0) is 27.7 Å². The highest BCUT2D eigenvalue weighted by atomic mass is 16.6. The van der Waals surface area contributed by atoms with Gasteiger partial charge in [-0.25, -0.2) is 4.79 Å². The Morgan fingerprint density at radius 2 is 2.06 bits per heavy atom. The van der Waals surface area contributed by atoms with Crippen LogP contribution >= 0.6 is 0 Å². The van der Waals surface area contributed by atoms with Gasteiger partial charge >= 0.3 is 6.09 Å². The van der Waals surface area contributed by atoms with E-state index in [0.29, 0.717) is 0 Å². The van der Waals surface area contributed by atoms with Gasteiger partial charge in [0.25, 0.3) is 0 Å². The summed E-state index contributed by atoms with van der Waals surface area (Å²) in [6, 6.07) is -0.720. The number of alkyl carbamates (subject to hydrolysis) is 1. The van der Waals surface area contributed by atoms with Crippen LogP contribution < -0.4 is 5.32 Å². The number of Topliss-reactive ketones (excluding diaryl/α,β-unsaturated/α-hetero) is 1. The van der Waals surface area contributed by atoms with Gasteiger partial charge in [0, 0.05) is 7.05 Å². The largest absolute Gasteiger partial charge is 0.444 e. The summed E-state index contributed by atoms with van der Waals surface area (Å²) in [7, 11) is 1.66. The molecular formula is C11H18N4O3. The molecule has 7 nitrogen and oxygen atoms in total. The number of rotatable bonds is 3. The molecule has 1 aromatic rings. The zero-order valence-electron chi connectivity index (χ0n) is 11.2. The monoisotopic (exact) mass is 254 g/mol. The maximum Gasteiger partial charge on any atom is 0.408 e. The minimum absolute atomic E-state index is 0.193. The van der Waals surface area contributed by atoms with Crippen molar-refractivity contribution in [1.29, 1.82) is 0 Å². The summed E-state index contributed by atoms with van der Waals surface area (Å²) >= 11 is 0. The summed E-state index contributed by atoms with van der Waals surface area (Å²) in [6.45, 7) is 6.83. The standard InChI is InChI=1S/C11H18N4O3/c1-7(13-10(17)18-11(2,3)4)8(16)9-14-12-6-15(9)5/h6-7H,1-5H3,(H,13,17)/t7-/m1/s1. The molecule has 1 rings (SSSR count). The number of aromatic nitrogens is 3. The van der Waals surface area contributed by atoms with Crippen LogP contribution in [0.4, 0.5) is 4.79 Å². The zero-order valence-corrected chi connectivity index (χ0v) is 11.2. The van der Waals surface area contributed by atoms with Crippen molar-refractivity contribution < 1.29 is 14.3 Å². The van der Waals surface area contributed by atoms with Crippen molar-refractivity contribution >= 4 is 11.9 Å².